The van der Waals surface area contributed by atoms with Gasteiger partial charge >= 0.3 is 0 Å². The van der Waals surface area contributed by atoms with Crippen molar-refractivity contribution in [3.8, 4) is 0 Å². The summed E-state index contributed by atoms with van der Waals surface area (Å²) in [5, 5.41) is 12.5. The molecule has 0 aliphatic rings. The molecule has 8 heteroatoms. The lowest BCUT2D eigenvalue weighted by molar-refractivity contribution is 0.0952. The summed E-state index contributed by atoms with van der Waals surface area (Å²) in [6.07, 6.45) is 3.88. The highest BCUT2D eigenvalue weighted by Crippen LogP contribution is 2.24. The molecule has 0 spiro atoms. The van der Waals surface area contributed by atoms with Crippen molar-refractivity contribution in [2.75, 3.05) is 24.2 Å². The molecule has 30 heavy (non-hydrogen) atoms. The van der Waals surface area contributed by atoms with Crippen LogP contribution >= 0.6 is 11.8 Å². The largest absolute Gasteiger partial charge is 0.369 e. The molecule has 3 rings (SSSR count). The van der Waals surface area contributed by atoms with E-state index in [9.17, 15) is 4.79 Å². The predicted octanol–water partition coefficient (Wildman–Crippen LogP) is 4.20. The smallest absolute Gasteiger partial charge is 0.251 e. The van der Waals surface area contributed by atoms with Gasteiger partial charge in [0.25, 0.3) is 5.91 Å². The van der Waals surface area contributed by atoms with E-state index in [0.29, 0.717) is 18.7 Å². The van der Waals surface area contributed by atoms with Crippen LogP contribution in [0.5, 0.6) is 0 Å². The third kappa shape index (κ3) is 5.50. The normalized spacial score (nSPS) is 11.1. The third-order valence-electron chi connectivity index (χ3n) is 4.55. The van der Waals surface area contributed by atoms with Gasteiger partial charge in [-0.3, -0.25) is 4.79 Å². The highest BCUT2D eigenvalue weighted by molar-refractivity contribution is 7.99. The van der Waals surface area contributed by atoms with E-state index in [4.69, 9.17) is 4.98 Å². The van der Waals surface area contributed by atoms with Crippen molar-refractivity contribution < 1.29 is 4.79 Å². The molecule has 2 N–H and O–H groups in total. The SMILES string of the molecule is CCCNc1nc(SCCC)nc2c1cnn2CCNC(=O)c1cc(C)cc(C)c1. The second kappa shape index (κ2) is 10.4. The van der Waals surface area contributed by atoms with Crippen LogP contribution in [0.25, 0.3) is 11.0 Å². The van der Waals surface area contributed by atoms with Gasteiger partial charge in [0.15, 0.2) is 10.8 Å². The zero-order valence-electron chi connectivity index (χ0n) is 18.2. The summed E-state index contributed by atoms with van der Waals surface area (Å²) in [5.41, 5.74) is 3.64. The van der Waals surface area contributed by atoms with E-state index < -0.39 is 0 Å². The Hall–Kier alpha value is -2.61. The molecule has 0 aliphatic heterocycles. The second-order valence-electron chi connectivity index (χ2n) is 7.37. The van der Waals surface area contributed by atoms with Crippen molar-refractivity contribution in [2.45, 2.75) is 52.2 Å². The van der Waals surface area contributed by atoms with E-state index in [1.54, 1.807) is 18.0 Å². The number of hydrogen-bond acceptors (Lipinski definition) is 6. The minimum absolute atomic E-state index is 0.0719. The van der Waals surface area contributed by atoms with Crippen molar-refractivity contribution in [1.82, 2.24) is 25.1 Å². The van der Waals surface area contributed by atoms with Gasteiger partial charge < -0.3 is 10.6 Å². The van der Waals surface area contributed by atoms with Crippen molar-refractivity contribution in [2.24, 2.45) is 0 Å². The first-order chi connectivity index (χ1) is 14.5. The Morgan fingerprint density at radius 3 is 2.53 bits per heavy atom. The maximum Gasteiger partial charge on any atom is 0.251 e. The number of amides is 1. The second-order valence-corrected chi connectivity index (χ2v) is 8.43. The van der Waals surface area contributed by atoms with E-state index in [2.05, 4.69) is 40.6 Å². The molecule has 2 heterocycles. The van der Waals surface area contributed by atoms with Gasteiger partial charge in [-0.1, -0.05) is 42.8 Å². The molecular formula is C22H30N6OS. The number of aromatic nitrogens is 4. The van der Waals surface area contributed by atoms with Crippen LogP contribution in [0.2, 0.25) is 0 Å². The lowest BCUT2D eigenvalue weighted by Gasteiger charge is -2.10. The van der Waals surface area contributed by atoms with Crippen molar-refractivity contribution in [3.63, 3.8) is 0 Å². The molecule has 0 bridgehead atoms. The molecule has 0 aliphatic carbocycles. The van der Waals surface area contributed by atoms with E-state index in [0.717, 1.165) is 58.3 Å². The first-order valence-corrected chi connectivity index (χ1v) is 11.5. The van der Waals surface area contributed by atoms with Gasteiger partial charge in [-0.2, -0.15) is 5.10 Å². The highest BCUT2D eigenvalue weighted by Gasteiger charge is 2.14. The molecule has 0 radical (unpaired) electrons. The lowest BCUT2D eigenvalue weighted by Crippen LogP contribution is -2.27. The Labute approximate surface area is 182 Å². The lowest BCUT2D eigenvalue weighted by atomic mass is 10.1. The van der Waals surface area contributed by atoms with E-state index in [1.807, 2.05) is 30.7 Å². The number of thioether (sulfide) groups is 1. The monoisotopic (exact) mass is 426 g/mol. The average molecular weight is 427 g/mol. The number of nitrogens with zero attached hydrogens (tertiary/aromatic N) is 4. The molecular weight excluding hydrogens is 396 g/mol. The highest BCUT2D eigenvalue weighted by atomic mass is 32.2. The summed E-state index contributed by atoms with van der Waals surface area (Å²) in [6.45, 7) is 10.1. The average Bonchev–Trinajstić information content (AvgIpc) is 3.12. The topological polar surface area (TPSA) is 84.7 Å². The van der Waals surface area contributed by atoms with Crippen LogP contribution in [0.3, 0.4) is 0 Å². The first-order valence-electron chi connectivity index (χ1n) is 10.5. The van der Waals surface area contributed by atoms with Gasteiger partial charge in [-0.25, -0.2) is 14.6 Å². The number of benzene rings is 1. The van der Waals surface area contributed by atoms with Crippen LogP contribution in [-0.2, 0) is 6.54 Å². The molecule has 1 aromatic carbocycles. The number of aryl methyl sites for hydroxylation is 2. The van der Waals surface area contributed by atoms with Gasteiger partial charge in [0, 0.05) is 24.4 Å². The summed E-state index contributed by atoms with van der Waals surface area (Å²) in [6, 6.07) is 5.87. The van der Waals surface area contributed by atoms with Crippen molar-refractivity contribution in [1.29, 1.82) is 0 Å². The molecule has 0 saturated heterocycles. The Balaban J connectivity index is 1.74. The van der Waals surface area contributed by atoms with Gasteiger partial charge in [-0.05, 0) is 38.8 Å². The standard InChI is InChI=1S/C22H30N6OS/c1-5-7-23-19-18-14-25-28(20(18)27-22(26-19)30-10-6-2)9-8-24-21(29)17-12-15(3)11-16(4)13-17/h11-14H,5-10H2,1-4H3,(H,24,29)(H,23,26,27). The number of carbonyl (C=O) groups excluding carboxylic acids is 1. The number of fused-ring (bicyclic) bond motifs is 1. The number of rotatable bonds is 10. The van der Waals surface area contributed by atoms with Crippen LogP contribution < -0.4 is 10.6 Å². The molecule has 0 fully saturated rings. The summed E-state index contributed by atoms with van der Waals surface area (Å²) >= 11 is 1.65. The minimum atomic E-state index is -0.0719. The van der Waals surface area contributed by atoms with Crippen molar-refractivity contribution >= 4 is 34.5 Å². The van der Waals surface area contributed by atoms with Crippen LogP contribution in [-0.4, -0.2) is 44.5 Å². The maximum atomic E-state index is 12.5. The van der Waals surface area contributed by atoms with E-state index in [-0.39, 0.29) is 5.91 Å². The molecule has 7 nitrogen and oxygen atoms in total. The summed E-state index contributed by atoms with van der Waals surface area (Å²) in [5.74, 6) is 1.72. The number of carbonyl (C=O) groups is 1. The molecule has 3 aromatic rings. The zero-order valence-corrected chi connectivity index (χ0v) is 19.0. The van der Waals surface area contributed by atoms with Crippen LogP contribution in [0.15, 0.2) is 29.6 Å². The number of hydrogen-bond donors (Lipinski definition) is 2. The van der Waals surface area contributed by atoms with E-state index in [1.165, 1.54) is 0 Å². The van der Waals surface area contributed by atoms with Crippen LogP contribution in [0, 0.1) is 13.8 Å². The predicted molar refractivity (Wildman–Crippen MR) is 123 cm³/mol. The Bertz CT molecular complexity index is 996. The Morgan fingerprint density at radius 1 is 1.07 bits per heavy atom. The van der Waals surface area contributed by atoms with Crippen LogP contribution in [0.4, 0.5) is 5.82 Å². The van der Waals surface area contributed by atoms with Gasteiger partial charge in [0.05, 0.1) is 18.1 Å². The van der Waals surface area contributed by atoms with Crippen LogP contribution in [0.1, 0.15) is 48.2 Å². The molecule has 1 amide bonds. The molecule has 160 valence electrons. The molecule has 0 unspecified atom stereocenters. The number of anilines is 1. The zero-order chi connectivity index (χ0) is 21.5. The molecule has 0 atom stereocenters. The van der Waals surface area contributed by atoms with Gasteiger partial charge in [0.2, 0.25) is 0 Å². The summed E-state index contributed by atoms with van der Waals surface area (Å²) < 4.78 is 1.84. The van der Waals surface area contributed by atoms with Gasteiger partial charge in [-0.15, -0.1) is 0 Å². The maximum absolute atomic E-state index is 12.5. The summed E-state index contributed by atoms with van der Waals surface area (Å²) in [4.78, 5) is 21.9. The van der Waals surface area contributed by atoms with Crippen molar-refractivity contribution in [3.05, 3.63) is 41.1 Å². The quantitative estimate of drug-likeness (QED) is 0.373. The fourth-order valence-corrected chi connectivity index (χ4v) is 3.91. The number of nitrogens with one attached hydrogen (secondary N) is 2. The molecule has 0 saturated carbocycles. The summed E-state index contributed by atoms with van der Waals surface area (Å²) in [7, 11) is 0. The first kappa shape index (κ1) is 22.1. The Kier molecular flexibility index (Phi) is 7.68. The fourth-order valence-electron chi connectivity index (χ4n) is 3.22. The van der Waals surface area contributed by atoms with E-state index >= 15 is 0 Å². The fraction of sp³-hybridized carbons (Fsp3) is 0.455. The van der Waals surface area contributed by atoms with Gasteiger partial charge in [0.1, 0.15) is 5.82 Å². The third-order valence-corrected chi connectivity index (χ3v) is 5.60. The minimum Gasteiger partial charge on any atom is -0.369 e. The Morgan fingerprint density at radius 2 is 1.83 bits per heavy atom. The molecule has 2 aromatic heterocycles.